The van der Waals surface area contributed by atoms with Crippen LogP contribution in [0.25, 0.3) is 0 Å². The predicted octanol–water partition coefficient (Wildman–Crippen LogP) is 3.27. The van der Waals surface area contributed by atoms with Crippen molar-refractivity contribution in [3.8, 4) is 0 Å². The van der Waals surface area contributed by atoms with Gasteiger partial charge in [0.05, 0.1) is 6.10 Å². The van der Waals surface area contributed by atoms with E-state index in [0.29, 0.717) is 17.8 Å². The van der Waals surface area contributed by atoms with Crippen LogP contribution in [0.2, 0.25) is 0 Å². The zero-order valence-electron chi connectivity index (χ0n) is 12.2. The van der Waals surface area contributed by atoms with Gasteiger partial charge in [-0.05, 0) is 73.8 Å². The molecule has 4 aliphatic carbocycles. The van der Waals surface area contributed by atoms with E-state index in [1.54, 1.807) is 6.08 Å². The highest BCUT2D eigenvalue weighted by atomic mass is 16.3. The van der Waals surface area contributed by atoms with Crippen LogP contribution in [-0.4, -0.2) is 17.0 Å². The normalized spacial score (nSPS) is 50.2. The maximum atomic E-state index is 11.6. The van der Waals surface area contributed by atoms with Crippen LogP contribution < -0.4 is 0 Å². The average Bonchev–Trinajstić information content (AvgIpc) is 2.74. The highest BCUT2D eigenvalue weighted by Gasteiger charge is 2.55. The van der Waals surface area contributed by atoms with Crippen LogP contribution in [0.3, 0.4) is 0 Å². The van der Waals surface area contributed by atoms with Gasteiger partial charge in [0, 0.05) is 5.92 Å². The van der Waals surface area contributed by atoms with Gasteiger partial charge in [-0.2, -0.15) is 0 Å². The molecule has 3 saturated carbocycles. The van der Waals surface area contributed by atoms with Crippen molar-refractivity contribution in [3.63, 3.8) is 0 Å². The Morgan fingerprint density at radius 2 is 2.05 bits per heavy atom. The topological polar surface area (TPSA) is 37.3 Å². The lowest BCUT2D eigenvalue weighted by molar-refractivity contribution is -0.110. The molecular weight excluding hydrogens is 248 g/mol. The fraction of sp³-hybridized carbons (Fsp3) is 0.722. The molecular formula is C18H24O2. The monoisotopic (exact) mass is 272 g/mol. The number of ketones is 1. The van der Waals surface area contributed by atoms with E-state index in [9.17, 15) is 9.90 Å². The molecule has 0 spiro atoms. The first-order valence-electron chi connectivity index (χ1n) is 8.20. The van der Waals surface area contributed by atoms with Crippen LogP contribution >= 0.6 is 0 Å². The molecule has 0 aromatic rings. The molecule has 0 aliphatic heterocycles. The molecule has 1 N–H and O–H groups in total. The third kappa shape index (κ3) is 1.64. The Hall–Kier alpha value is -0.890. The van der Waals surface area contributed by atoms with Crippen molar-refractivity contribution < 1.29 is 9.90 Å². The van der Waals surface area contributed by atoms with Gasteiger partial charge in [0.1, 0.15) is 0 Å². The van der Waals surface area contributed by atoms with Crippen molar-refractivity contribution in [2.24, 2.45) is 29.1 Å². The average molecular weight is 272 g/mol. The van der Waals surface area contributed by atoms with Crippen molar-refractivity contribution in [1.82, 2.24) is 0 Å². The SMILES string of the molecule is C[C@]12CC[C@H]3[C@@H](CCC4=CC(=O)C=C[C@H]43)[C@@H]1CC[C@@H]2O. The standard InChI is InChI=1S/C18H24O2/c1-18-9-8-14-13-5-3-12(19)10-11(13)2-4-15(14)16(18)6-7-17(18)20/h3,5,10,13-17,20H,2,4,6-9H2,1H3/t13-,14-,15-,16+,17+,18+/m1/s1. The van der Waals surface area contributed by atoms with Gasteiger partial charge >= 0.3 is 0 Å². The van der Waals surface area contributed by atoms with E-state index >= 15 is 0 Å². The summed E-state index contributed by atoms with van der Waals surface area (Å²) in [5.41, 5.74) is 1.54. The van der Waals surface area contributed by atoms with Crippen molar-refractivity contribution in [1.29, 1.82) is 0 Å². The van der Waals surface area contributed by atoms with E-state index in [1.165, 1.54) is 24.8 Å². The highest BCUT2D eigenvalue weighted by Crippen LogP contribution is 2.61. The summed E-state index contributed by atoms with van der Waals surface area (Å²) >= 11 is 0. The van der Waals surface area contributed by atoms with Gasteiger partial charge in [-0.3, -0.25) is 4.79 Å². The molecule has 20 heavy (non-hydrogen) atoms. The Morgan fingerprint density at radius 3 is 2.90 bits per heavy atom. The maximum Gasteiger partial charge on any atom is 0.178 e. The van der Waals surface area contributed by atoms with E-state index in [2.05, 4.69) is 13.0 Å². The fourth-order valence-electron chi connectivity index (χ4n) is 5.79. The third-order valence-corrected chi connectivity index (χ3v) is 6.89. The van der Waals surface area contributed by atoms with E-state index in [0.717, 1.165) is 25.2 Å². The number of allylic oxidation sites excluding steroid dienone is 4. The van der Waals surface area contributed by atoms with Crippen LogP contribution in [0.15, 0.2) is 23.8 Å². The Kier molecular flexibility index (Phi) is 2.76. The predicted molar refractivity (Wildman–Crippen MR) is 78.0 cm³/mol. The Labute approximate surface area is 120 Å². The summed E-state index contributed by atoms with van der Waals surface area (Å²) in [6.07, 6.45) is 12.6. The van der Waals surface area contributed by atoms with Crippen LogP contribution in [-0.2, 0) is 4.79 Å². The highest BCUT2D eigenvalue weighted by molar-refractivity contribution is 6.00. The van der Waals surface area contributed by atoms with Gasteiger partial charge in [-0.25, -0.2) is 0 Å². The van der Waals surface area contributed by atoms with Crippen molar-refractivity contribution >= 4 is 5.78 Å². The first-order chi connectivity index (χ1) is 9.59. The molecule has 0 amide bonds. The zero-order chi connectivity index (χ0) is 13.9. The van der Waals surface area contributed by atoms with Crippen LogP contribution in [0.4, 0.5) is 0 Å². The number of rotatable bonds is 0. The minimum atomic E-state index is -0.0890. The lowest BCUT2D eigenvalue weighted by atomic mass is 9.53. The summed E-state index contributed by atoms with van der Waals surface area (Å²) < 4.78 is 0. The molecule has 0 aromatic carbocycles. The van der Waals surface area contributed by atoms with Crippen molar-refractivity contribution in [3.05, 3.63) is 23.8 Å². The summed E-state index contributed by atoms with van der Waals surface area (Å²) in [5, 5.41) is 10.4. The van der Waals surface area contributed by atoms with Gasteiger partial charge in [0.15, 0.2) is 5.78 Å². The second kappa shape index (κ2) is 4.30. The van der Waals surface area contributed by atoms with Gasteiger partial charge in [-0.15, -0.1) is 0 Å². The van der Waals surface area contributed by atoms with Crippen molar-refractivity contribution in [2.75, 3.05) is 0 Å². The lowest BCUT2D eigenvalue weighted by Crippen LogP contribution is -2.47. The van der Waals surface area contributed by atoms with E-state index in [-0.39, 0.29) is 17.3 Å². The zero-order valence-corrected chi connectivity index (χ0v) is 12.2. The third-order valence-electron chi connectivity index (χ3n) is 6.89. The van der Waals surface area contributed by atoms with Gasteiger partial charge < -0.3 is 5.11 Å². The molecule has 0 saturated heterocycles. The molecule has 6 atom stereocenters. The van der Waals surface area contributed by atoms with Gasteiger partial charge in [0.2, 0.25) is 0 Å². The number of hydrogen-bond acceptors (Lipinski definition) is 2. The maximum absolute atomic E-state index is 11.6. The number of hydrogen-bond donors (Lipinski definition) is 1. The minimum Gasteiger partial charge on any atom is -0.393 e. The quantitative estimate of drug-likeness (QED) is 0.735. The second-order valence-corrected chi connectivity index (χ2v) is 7.62. The molecule has 4 rings (SSSR count). The molecule has 0 radical (unpaired) electrons. The van der Waals surface area contributed by atoms with Gasteiger partial charge in [-0.1, -0.05) is 18.6 Å². The molecule has 0 bridgehead atoms. The van der Waals surface area contributed by atoms with Crippen LogP contribution in [0.5, 0.6) is 0 Å². The molecule has 2 nitrogen and oxygen atoms in total. The number of aliphatic hydroxyl groups excluding tert-OH is 1. The molecule has 108 valence electrons. The van der Waals surface area contributed by atoms with Crippen LogP contribution in [0.1, 0.15) is 45.4 Å². The number of carbonyl (C=O) groups is 1. The molecule has 4 aliphatic rings. The smallest absolute Gasteiger partial charge is 0.178 e. The summed E-state index contributed by atoms with van der Waals surface area (Å²) in [5.74, 6) is 2.85. The summed E-state index contributed by atoms with van der Waals surface area (Å²) in [6, 6.07) is 0. The molecule has 0 heterocycles. The summed E-state index contributed by atoms with van der Waals surface area (Å²) in [7, 11) is 0. The van der Waals surface area contributed by atoms with E-state index < -0.39 is 0 Å². The lowest BCUT2D eigenvalue weighted by Gasteiger charge is -2.52. The first-order valence-corrected chi connectivity index (χ1v) is 8.20. The Balaban J connectivity index is 1.65. The number of fused-ring (bicyclic) bond motifs is 5. The summed E-state index contributed by atoms with van der Waals surface area (Å²) in [4.78, 5) is 11.6. The second-order valence-electron chi connectivity index (χ2n) is 7.62. The van der Waals surface area contributed by atoms with Gasteiger partial charge in [0.25, 0.3) is 0 Å². The largest absolute Gasteiger partial charge is 0.393 e. The minimum absolute atomic E-state index is 0.0890. The van der Waals surface area contributed by atoms with E-state index in [4.69, 9.17) is 0 Å². The number of aliphatic hydroxyl groups is 1. The first kappa shape index (κ1) is 12.8. The molecule has 2 heteroatoms. The number of carbonyl (C=O) groups excluding carboxylic acids is 1. The van der Waals surface area contributed by atoms with Crippen molar-refractivity contribution in [2.45, 2.75) is 51.6 Å². The Morgan fingerprint density at radius 1 is 1.20 bits per heavy atom. The molecule has 0 aromatic heterocycles. The summed E-state index contributed by atoms with van der Waals surface area (Å²) in [6.45, 7) is 2.32. The Bertz CT molecular complexity index is 504. The molecule has 0 unspecified atom stereocenters. The fourth-order valence-corrected chi connectivity index (χ4v) is 5.79. The molecule has 3 fully saturated rings. The van der Waals surface area contributed by atoms with Crippen LogP contribution in [0, 0.1) is 29.1 Å². The van der Waals surface area contributed by atoms with E-state index in [1.807, 2.05) is 6.08 Å².